The summed E-state index contributed by atoms with van der Waals surface area (Å²) in [5.41, 5.74) is 0.871. The Morgan fingerprint density at radius 2 is 1.96 bits per heavy atom. The Balaban J connectivity index is 0.00000280. The van der Waals surface area contributed by atoms with Crippen LogP contribution >= 0.6 is 12.4 Å². The van der Waals surface area contributed by atoms with E-state index in [1.54, 1.807) is 20.4 Å². The molecule has 1 aliphatic heterocycles. The van der Waals surface area contributed by atoms with Crippen LogP contribution in [0.25, 0.3) is 0 Å². The van der Waals surface area contributed by atoms with Crippen LogP contribution in [0.4, 0.5) is 0 Å². The summed E-state index contributed by atoms with van der Waals surface area (Å²) >= 11 is 0. The normalized spacial score (nSPS) is 20.0. The number of benzene rings is 1. The van der Waals surface area contributed by atoms with Gasteiger partial charge >= 0.3 is 0 Å². The third kappa shape index (κ3) is 4.97. The fourth-order valence-corrected chi connectivity index (χ4v) is 3.58. The molecule has 2 aromatic rings. The largest absolute Gasteiger partial charge is 0.497 e. The highest BCUT2D eigenvalue weighted by atomic mass is 35.5. The number of nitrogens with one attached hydrogen (secondary N) is 2. The first-order valence-electron chi connectivity index (χ1n) is 9.25. The third-order valence-electron chi connectivity index (χ3n) is 5.10. The van der Waals surface area contributed by atoms with E-state index in [-0.39, 0.29) is 30.3 Å². The summed E-state index contributed by atoms with van der Waals surface area (Å²) in [4.78, 5) is 17.5. The number of aryl methyl sites for hydroxylation is 1. The van der Waals surface area contributed by atoms with Crippen LogP contribution in [0.1, 0.15) is 37.2 Å². The van der Waals surface area contributed by atoms with E-state index in [0.717, 1.165) is 30.8 Å². The maximum atomic E-state index is 13.0. The predicted molar refractivity (Wildman–Crippen MR) is 110 cm³/mol. The van der Waals surface area contributed by atoms with Crippen LogP contribution in [0, 0.1) is 5.92 Å². The van der Waals surface area contributed by atoms with Gasteiger partial charge in [0.1, 0.15) is 23.4 Å². The Bertz CT molecular complexity index is 773. The SMILES string of the molecule is COc1cc(OC)cc(C(NC(=O)[C@H]2CCN[C@@H](C)C2)c2nccn2C)c1.Cl. The molecule has 1 fully saturated rings. The molecule has 1 aromatic carbocycles. The first kappa shape index (κ1) is 22.0. The molecule has 2 heterocycles. The van der Waals surface area contributed by atoms with Crippen molar-refractivity contribution in [3.05, 3.63) is 42.0 Å². The molecule has 1 aliphatic rings. The minimum atomic E-state index is -0.383. The zero-order chi connectivity index (χ0) is 19.4. The topological polar surface area (TPSA) is 77.4 Å². The molecule has 1 unspecified atom stereocenters. The van der Waals surface area contributed by atoms with Gasteiger partial charge in [-0.3, -0.25) is 4.79 Å². The van der Waals surface area contributed by atoms with E-state index in [4.69, 9.17) is 9.47 Å². The van der Waals surface area contributed by atoms with Crippen LogP contribution in [-0.2, 0) is 11.8 Å². The number of rotatable bonds is 6. The predicted octanol–water partition coefficient (Wildman–Crippen LogP) is 2.45. The maximum Gasteiger partial charge on any atom is 0.224 e. The van der Waals surface area contributed by atoms with Gasteiger partial charge in [-0.15, -0.1) is 12.4 Å². The summed E-state index contributed by atoms with van der Waals surface area (Å²) in [7, 11) is 5.15. The molecule has 2 N–H and O–H groups in total. The second-order valence-electron chi connectivity index (χ2n) is 7.06. The van der Waals surface area contributed by atoms with Gasteiger partial charge < -0.3 is 24.7 Å². The summed E-state index contributed by atoms with van der Waals surface area (Å²) in [6.07, 6.45) is 5.28. The summed E-state index contributed by atoms with van der Waals surface area (Å²) in [6, 6.07) is 5.60. The zero-order valence-corrected chi connectivity index (χ0v) is 17.6. The first-order valence-corrected chi connectivity index (χ1v) is 9.25. The summed E-state index contributed by atoms with van der Waals surface area (Å²) in [5.74, 6) is 2.16. The van der Waals surface area contributed by atoms with Crippen LogP contribution < -0.4 is 20.1 Å². The molecule has 0 bridgehead atoms. The van der Waals surface area contributed by atoms with Crippen molar-refractivity contribution in [2.24, 2.45) is 13.0 Å². The number of nitrogens with zero attached hydrogens (tertiary/aromatic N) is 2. The molecule has 3 rings (SSSR count). The fourth-order valence-electron chi connectivity index (χ4n) is 3.58. The van der Waals surface area contributed by atoms with Crippen LogP contribution in [0.2, 0.25) is 0 Å². The quantitative estimate of drug-likeness (QED) is 0.767. The molecule has 154 valence electrons. The Hall–Kier alpha value is -2.25. The lowest BCUT2D eigenvalue weighted by molar-refractivity contribution is -0.126. The van der Waals surface area contributed by atoms with Crippen LogP contribution in [-0.4, -0.2) is 42.3 Å². The molecule has 1 aromatic heterocycles. The van der Waals surface area contributed by atoms with E-state index in [1.165, 1.54) is 0 Å². The van der Waals surface area contributed by atoms with Gasteiger partial charge in [-0.2, -0.15) is 0 Å². The molecule has 1 saturated heterocycles. The fraction of sp³-hybridized carbons (Fsp3) is 0.500. The number of carbonyl (C=O) groups is 1. The van der Waals surface area contributed by atoms with Crippen molar-refractivity contribution in [1.29, 1.82) is 0 Å². The van der Waals surface area contributed by atoms with E-state index < -0.39 is 0 Å². The molecule has 28 heavy (non-hydrogen) atoms. The number of halogens is 1. The second-order valence-corrected chi connectivity index (χ2v) is 7.06. The Morgan fingerprint density at radius 3 is 2.50 bits per heavy atom. The number of ether oxygens (including phenoxy) is 2. The molecule has 3 atom stereocenters. The molecule has 8 heteroatoms. The van der Waals surface area contributed by atoms with Gasteiger partial charge in [-0.1, -0.05) is 0 Å². The van der Waals surface area contributed by atoms with Gasteiger partial charge in [-0.05, 0) is 44.0 Å². The highest BCUT2D eigenvalue weighted by Gasteiger charge is 2.29. The summed E-state index contributed by atoms with van der Waals surface area (Å²) in [5, 5.41) is 6.60. The Kier molecular flexibility index (Phi) is 7.71. The lowest BCUT2D eigenvalue weighted by Gasteiger charge is -2.29. The van der Waals surface area contributed by atoms with E-state index in [9.17, 15) is 4.79 Å². The smallest absolute Gasteiger partial charge is 0.224 e. The molecule has 0 spiro atoms. The van der Waals surface area contributed by atoms with E-state index in [1.807, 2.05) is 36.0 Å². The molecule has 1 amide bonds. The highest BCUT2D eigenvalue weighted by molar-refractivity contribution is 5.85. The number of aromatic nitrogens is 2. The maximum absolute atomic E-state index is 13.0. The lowest BCUT2D eigenvalue weighted by atomic mass is 9.92. The van der Waals surface area contributed by atoms with Gasteiger partial charge in [0, 0.05) is 37.5 Å². The first-order chi connectivity index (χ1) is 13.0. The average molecular weight is 409 g/mol. The third-order valence-corrected chi connectivity index (χ3v) is 5.10. The van der Waals surface area contributed by atoms with Crippen LogP contribution in [0.5, 0.6) is 11.5 Å². The van der Waals surface area contributed by atoms with E-state index in [0.29, 0.717) is 17.5 Å². The zero-order valence-electron chi connectivity index (χ0n) is 16.8. The van der Waals surface area contributed by atoms with Gasteiger partial charge in [0.25, 0.3) is 0 Å². The number of amides is 1. The number of imidazole rings is 1. The van der Waals surface area contributed by atoms with Gasteiger partial charge in [0.05, 0.1) is 14.2 Å². The summed E-state index contributed by atoms with van der Waals surface area (Å²) in [6.45, 7) is 2.97. The van der Waals surface area contributed by atoms with Crippen molar-refractivity contribution in [2.45, 2.75) is 31.8 Å². The van der Waals surface area contributed by atoms with Crippen LogP contribution in [0.3, 0.4) is 0 Å². The van der Waals surface area contributed by atoms with Gasteiger partial charge in [0.15, 0.2) is 0 Å². The molecule has 0 aliphatic carbocycles. The number of hydrogen-bond donors (Lipinski definition) is 2. The number of hydrogen-bond acceptors (Lipinski definition) is 5. The van der Waals surface area contributed by atoms with Crippen molar-refractivity contribution in [3.63, 3.8) is 0 Å². The summed E-state index contributed by atoms with van der Waals surface area (Å²) < 4.78 is 12.7. The Morgan fingerprint density at radius 1 is 1.29 bits per heavy atom. The van der Waals surface area contributed by atoms with Crippen molar-refractivity contribution in [1.82, 2.24) is 20.2 Å². The molecular formula is C20H29ClN4O3. The lowest BCUT2D eigenvalue weighted by Crippen LogP contribution is -2.43. The highest BCUT2D eigenvalue weighted by Crippen LogP contribution is 2.30. The second kappa shape index (κ2) is 9.80. The van der Waals surface area contributed by atoms with E-state index >= 15 is 0 Å². The van der Waals surface area contributed by atoms with E-state index in [2.05, 4.69) is 22.5 Å². The monoisotopic (exact) mass is 408 g/mol. The average Bonchev–Trinajstić information content (AvgIpc) is 3.11. The minimum absolute atomic E-state index is 0. The molecule has 0 radical (unpaired) electrons. The van der Waals surface area contributed by atoms with Gasteiger partial charge in [0.2, 0.25) is 5.91 Å². The number of methoxy groups -OCH3 is 2. The van der Waals surface area contributed by atoms with Gasteiger partial charge in [-0.25, -0.2) is 4.98 Å². The minimum Gasteiger partial charge on any atom is -0.497 e. The number of piperidine rings is 1. The van der Waals surface area contributed by atoms with Crippen molar-refractivity contribution in [3.8, 4) is 11.5 Å². The Labute approximate surface area is 172 Å². The van der Waals surface area contributed by atoms with Crippen molar-refractivity contribution < 1.29 is 14.3 Å². The van der Waals surface area contributed by atoms with Crippen LogP contribution in [0.15, 0.2) is 30.6 Å². The molecule has 0 saturated carbocycles. The number of carbonyl (C=O) groups excluding carboxylic acids is 1. The molecule has 7 nitrogen and oxygen atoms in total. The van der Waals surface area contributed by atoms with Crippen molar-refractivity contribution >= 4 is 18.3 Å². The standard InChI is InChI=1S/C20H28N4O3.ClH/c1-13-9-14(5-6-21-13)20(25)23-18(19-22-7-8-24(19)2)15-10-16(26-3)12-17(11-15)27-4;/h7-8,10-14,18,21H,5-6,9H2,1-4H3,(H,23,25);1H/t13-,14-,18?;/m0./s1. The molecular weight excluding hydrogens is 380 g/mol. The van der Waals surface area contributed by atoms with Crippen molar-refractivity contribution in [2.75, 3.05) is 20.8 Å².